The summed E-state index contributed by atoms with van der Waals surface area (Å²) >= 11 is 0. The molecule has 0 amide bonds. The highest BCUT2D eigenvalue weighted by Crippen LogP contribution is 2.31. The second-order valence-corrected chi connectivity index (χ2v) is 5.46. The van der Waals surface area contributed by atoms with E-state index in [4.69, 9.17) is 5.73 Å². The van der Waals surface area contributed by atoms with Gasteiger partial charge in [0.15, 0.2) is 0 Å². The first-order chi connectivity index (χ1) is 8.97. The number of halogens is 3. The third-order valence-corrected chi connectivity index (χ3v) is 3.97. The number of benzene rings is 1. The Morgan fingerprint density at radius 2 is 1.84 bits per heavy atom. The van der Waals surface area contributed by atoms with Gasteiger partial charge in [-0.15, -0.1) is 0 Å². The highest BCUT2D eigenvalue weighted by molar-refractivity contribution is 5.26. The van der Waals surface area contributed by atoms with Crippen molar-refractivity contribution in [2.45, 2.75) is 50.7 Å². The van der Waals surface area contributed by atoms with Gasteiger partial charge in [-0.25, -0.2) is 0 Å². The Bertz CT molecular complexity index is 414. The summed E-state index contributed by atoms with van der Waals surface area (Å²) in [5.41, 5.74) is 6.31. The molecule has 2 N–H and O–H groups in total. The van der Waals surface area contributed by atoms with Gasteiger partial charge in [0.2, 0.25) is 0 Å². The molecule has 0 bridgehead atoms. The van der Waals surface area contributed by atoms with E-state index in [1.807, 2.05) is 0 Å². The maximum absolute atomic E-state index is 12.7. The highest BCUT2D eigenvalue weighted by atomic mass is 19.4. The molecule has 1 aliphatic rings. The molecule has 0 heterocycles. The van der Waals surface area contributed by atoms with Crippen molar-refractivity contribution >= 4 is 0 Å². The van der Waals surface area contributed by atoms with E-state index < -0.39 is 11.7 Å². The molecule has 2 rings (SSSR count). The Kier molecular flexibility index (Phi) is 4.50. The molecule has 1 aromatic carbocycles. The molecule has 19 heavy (non-hydrogen) atoms. The summed E-state index contributed by atoms with van der Waals surface area (Å²) < 4.78 is 38.0. The first-order valence-electron chi connectivity index (χ1n) is 6.88. The maximum atomic E-state index is 12.7. The number of hydrogen-bond acceptors (Lipinski definition) is 1. The molecular weight excluding hydrogens is 251 g/mol. The molecule has 0 saturated heterocycles. The Balaban J connectivity index is 2.09. The first-order valence-corrected chi connectivity index (χ1v) is 6.88. The van der Waals surface area contributed by atoms with Crippen LogP contribution in [0.25, 0.3) is 0 Å². The quantitative estimate of drug-likeness (QED) is 0.803. The molecule has 0 spiro atoms. The number of alkyl halides is 3. The second kappa shape index (κ2) is 5.95. The van der Waals surface area contributed by atoms with Gasteiger partial charge in [0.05, 0.1) is 5.56 Å². The van der Waals surface area contributed by atoms with Crippen LogP contribution in [0.1, 0.15) is 43.2 Å². The smallest absolute Gasteiger partial charge is 0.327 e. The van der Waals surface area contributed by atoms with Gasteiger partial charge in [-0.05, 0) is 36.8 Å². The largest absolute Gasteiger partial charge is 0.416 e. The van der Waals surface area contributed by atoms with Gasteiger partial charge in [0, 0.05) is 6.04 Å². The van der Waals surface area contributed by atoms with E-state index in [2.05, 4.69) is 0 Å². The highest BCUT2D eigenvalue weighted by Gasteiger charge is 2.30. The van der Waals surface area contributed by atoms with E-state index in [1.165, 1.54) is 18.6 Å². The van der Waals surface area contributed by atoms with Crippen LogP contribution in [0.4, 0.5) is 13.2 Å². The normalized spacial score (nSPS) is 25.1. The molecular formula is C15H20F3N. The van der Waals surface area contributed by atoms with Crippen LogP contribution in [0.2, 0.25) is 0 Å². The molecule has 1 saturated carbocycles. The molecule has 0 radical (unpaired) electrons. The molecule has 1 nitrogen and oxygen atoms in total. The number of hydrogen-bond donors (Lipinski definition) is 1. The van der Waals surface area contributed by atoms with Gasteiger partial charge >= 0.3 is 6.18 Å². The topological polar surface area (TPSA) is 26.0 Å². The van der Waals surface area contributed by atoms with Crippen molar-refractivity contribution < 1.29 is 13.2 Å². The molecule has 4 heteroatoms. The van der Waals surface area contributed by atoms with Gasteiger partial charge in [0.1, 0.15) is 0 Å². The molecule has 106 valence electrons. The third-order valence-electron chi connectivity index (χ3n) is 3.97. The van der Waals surface area contributed by atoms with Crippen molar-refractivity contribution in [1.82, 2.24) is 0 Å². The molecule has 1 aromatic rings. The average molecular weight is 271 g/mol. The predicted molar refractivity (Wildman–Crippen MR) is 69.7 cm³/mol. The summed E-state index contributed by atoms with van der Waals surface area (Å²) in [6.45, 7) is 0. The van der Waals surface area contributed by atoms with Crippen molar-refractivity contribution in [1.29, 1.82) is 0 Å². The van der Waals surface area contributed by atoms with Crippen LogP contribution in [0.15, 0.2) is 24.3 Å². The van der Waals surface area contributed by atoms with Gasteiger partial charge in [-0.1, -0.05) is 37.5 Å². The first kappa shape index (κ1) is 14.4. The van der Waals surface area contributed by atoms with Crippen LogP contribution in [-0.4, -0.2) is 6.04 Å². The van der Waals surface area contributed by atoms with E-state index in [1.54, 1.807) is 6.07 Å². The minimum atomic E-state index is -4.26. The van der Waals surface area contributed by atoms with Crippen LogP contribution in [0.5, 0.6) is 0 Å². The molecule has 0 aliphatic heterocycles. The third kappa shape index (κ3) is 3.96. The number of rotatable bonds is 2. The lowest BCUT2D eigenvalue weighted by atomic mass is 9.88. The van der Waals surface area contributed by atoms with Crippen LogP contribution in [0.3, 0.4) is 0 Å². The van der Waals surface area contributed by atoms with Crippen LogP contribution in [-0.2, 0) is 12.6 Å². The summed E-state index contributed by atoms with van der Waals surface area (Å²) in [7, 11) is 0. The SMILES string of the molecule is NC1CCCCCC1Cc1cccc(C(F)(F)F)c1. The van der Waals surface area contributed by atoms with Crippen molar-refractivity contribution in [3.63, 3.8) is 0 Å². The molecule has 1 fully saturated rings. The summed E-state index contributed by atoms with van der Waals surface area (Å²) in [4.78, 5) is 0. The van der Waals surface area contributed by atoms with Crippen molar-refractivity contribution in [2.75, 3.05) is 0 Å². The van der Waals surface area contributed by atoms with E-state index >= 15 is 0 Å². The van der Waals surface area contributed by atoms with E-state index in [0.29, 0.717) is 12.3 Å². The Labute approximate surface area is 112 Å². The predicted octanol–water partition coefficient (Wildman–Crippen LogP) is 4.16. The summed E-state index contributed by atoms with van der Waals surface area (Å²) in [6.07, 6.45) is 1.87. The van der Waals surface area contributed by atoms with Gasteiger partial charge < -0.3 is 5.73 Å². The van der Waals surface area contributed by atoms with Crippen molar-refractivity contribution in [2.24, 2.45) is 11.7 Å². The van der Waals surface area contributed by atoms with Crippen LogP contribution < -0.4 is 5.73 Å². The van der Waals surface area contributed by atoms with E-state index in [-0.39, 0.29) is 6.04 Å². The van der Waals surface area contributed by atoms with E-state index in [0.717, 1.165) is 37.3 Å². The lowest BCUT2D eigenvalue weighted by molar-refractivity contribution is -0.137. The average Bonchev–Trinajstić information content (AvgIpc) is 2.54. The summed E-state index contributed by atoms with van der Waals surface area (Å²) in [5, 5.41) is 0. The van der Waals surface area contributed by atoms with E-state index in [9.17, 15) is 13.2 Å². The monoisotopic (exact) mass is 271 g/mol. The lowest BCUT2D eigenvalue weighted by Gasteiger charge is -2.21. The van der Waals surface area contributed by atoms with Gasteiger partial charge in [-0.3, -0.25) is 0 Å². The van der Waals surface area contributed by atoms with Crippen molar-refractivity contribution in [3.8, 4) is 0 Å². The molecule has 1 aliphatic carbocycles. The molecule has 2 unspecified atom stereocenters. The fraction of sp³-hybridized carbons (Fsp3) is 0.600. The minimum Gasteiger partial charge on any atom is -0.327 e. The van der Waals surface area contributed by atoms with Gasteiger partial charge in [-0.2, -0.15) is 13.2 Å². The van der Waals surface area contributed by atoms with Crippen LogP contribution >= 0.6 is 0 Å². The Morgan fingerprint density at radius 1 is 1.11 bits per heavy atom. The Hall–Kier alpha value is -1.03. The minimum absolute atomic E-state index is 0.122. The van der Waals surface area contributed by atoms with Gasteiger partial charge in [0.25, 0.3) is 0 Å². The zero-order valence-electron chi connectivity index (χ0n) is 10.9. The molecule has 0 aromatic heterocycles. The standard InChI is InChI=1S/C15H20F3N/c16-15(17,18)13-7-4-5-11(10-13)9-12-6-2-1-3-8-14(12)19/h4-5,7,10,12,14H,1-3,6,8-9,19H2. The fourth-order valence-corrected chi connectivity index (χ4v) is 2.84. The zero-order valence-corrected chi connectivity index (χ0v) is 10.9. The summed E-state index contributed by atoms with van der Waals surface area (Å²) in [6, 6.07) is 5.76. The number of nitrogens with two attached hydrogens (primary N) is 1. The zero-order chi connectivity index (χ0) is 13.9. The van der Waals surface area contributed by atoms with Crippen LogP contribution in [0, 0.1) is 5.92 Å². The maximum Gasteiger partial charge on any atom is 0.416 e. The van der Waals surface area contributed by atoms with Crippen molar-refractivity contribution in [3.05, 3.63) is 35.4 Å². The Morgan fingerprint density at radius 3 is 2.58 bits per heavy atom. The lowest BCUT2D eigenvalue weighted by Crippen LogP contribution is -2.30. The summed E-state index contributed by atoms with van der Waals surface area (Å²) in [5.74, 6) is 0.311. The second-order valence-electron chi connectivity index (χ2n) is 5.46. The fourth-order valence-electron chi connectivity index (χ4n) is 2.84. The molecule has 2 atom stereocenters.